The number of nitrogens with one attached hydrogen (secondary N) is 4. The van der Waals surface area contributed by atoms with Crippen LogP contribution in [0, 0.1) is 0 Å². The highest BCUT2D eigenvalue weighted by molar-refractivity contribution is 5.94. The molecular formula is C18H29N7O7. The molecule has 1 aromatic heterocycles. The molecule has 14 nitrogen and oxygen atoms in total. The van der Waals surface area contributed by atoms with Crippen molar-refractivity contribution in [3.63, 3.8) is 0 Å². The van der Waals surface area contributed by atoms with Crippen LogP contribution in [0.4, 0.5) is 0 Å². The average molecular weight is 455 g/mol. The maximum Gasteiger partial charge on any atom is 0.325 e. The molecule has 0 saturated heterocycles. The minimum absolute atomic E-state index is 0.0623. The Hall–Kier alpha value is -3.52. The molecule has 0 saturated carbocycles. The number of hydrogen-bond acceptors (Lipinski definition) is 8. The standard InChI is InChI=1S/C18H29N7O7/c1-8(18(31)32)23-16(29)12(5-10-6-21-7-22-10)24-17(30)14(9(2)26)25-15(28)11(19)3-4-13(20)27/h6-9,11-12,14,26H,3-5,19H2,1-2H3,(H2,20,27)(H,21,22)(H,23,29)(H,24,30)(H,25,28)(H,31,32). The van der Waals surface area contributed by atoms with Crippen molar-refractivity contribution in [2.45, 2.75) is 63.4 Å². The number of primary amides is 1. The van der Waals surface area contributed by atoms with Crippen LogP contribution in [0.5, 0.6) is 0 Å². The molecule has 1 rings (SSSR count). The van der Waals surface area contributed by atoms with Crippen molar-refractivity contribution in [2.24, 2.45) is 11.5 Å². The normalized spacial score (nSPS) is 15.5. The predicted molar refractivity (Wildman–Crippen MR) is 109 cm³/mol. The van der Waals surface area contributed by atoms with Crippen LogP contribution in [0.2, 0.25) is 0 Å². The summed E-state index contributed by atoms with van der Waals surface area (Å²) in [5, 5.41) is 25.9. The molecule has 5 unspecified atom stereocenters. The topological polar surface area (TPSA) is 243 Å². The van der Waals surface area contributed by atoms with E-state index in [9.17, 15) is 29.1 Å². The first-order valence-electron chi connectivity index (χ1n) is 9.75. The van der Waals surface area contributed by atoms with E-state index in [-0.39, 0.29) is 19.3 Å². The second kappa shape index (κ2) is 12.4. The summed E-state index contributed by atoms with van der Waals surface area (Å²) in [5.74, 6) is -4.43. The molecule has 0 bridgehead atoms. The first-order valence-corrected chi connectivity index (χ1v) is 9.75. The highest BCUT2D eigenvalue weighted by atomic mass is 16.4. The third-order valence-corrected chi connectivity index (χ3v) is 4.44. The third-order valence-electron chi connectivity index (χ3n) is 4.44. The van der Waals surface area contributed by atoms with Crippen molar-refractivity contribution in [1.29, 1.82) is 0 Å². The van der Waals surface area contributed by atoms with Crippen LogP contribution >= 0.6 is 0 Å². The fraction of sp³-hybridized carbons (Fsp3) is 0.556. The monoisotopic (exact) mass is 455 g/mol. The van der Waals surface area contributed by atoms with Gasteiger partial charge in [0.1, 0.15) is 18.1 Å². The molecule has 4 amide bonds. The van der Waals surface area contributed by atoms with Gasteiger partial charge in [-0.15, -0.1) is 0 Å². The second-order valence-corrected chi connectivity index (χ2v) is 7.25. The van der Waals surface area contributed by atoms with Crippen LogP contribution in [-0.4, -0.2) is 80.1 Å². The number of aromatic amines is 1. The number of aliphatic hydroxyl groups excluding tert-OH is 1. The minimum atomic E-state index is -1.48. The van der Waals surface area contributed by atoms with Crippen LogP contribution in [-0.2, 0) is 30.4 Å². The molecule has 0 radical (unpaired) electrons. The third kappa shape index (κ3) is 8.69. The van der Waals surface area contributed by atoms with Gasteiger partial charge in [0.15, 0.2) is 0 Å². The molecule has 0 aliphatic rings. The van der Waals surface area contributed by atoms with E-state index in [4.69, 9.17) is 16.6 Å². The Bertz CT molecular complexity index is 813. The second-order valence-electron chi connectivity index (χ2n) is 7.25. The number of aromatic nitrogens is 2. The number of nitrogens with zero attached hydrogens (tertiary/aromatic N) is 1. The van der Waals surface area contributed by atoms with Gasteiger partial charge < -0.3 is 42.6 Å². The summed E-state index contributed by atoms with van der Waals surface area (Å²) in [6.07, 6.45) is 1.14. The maximum absolute atomic E-state index is 12.7. The van der Waals surface area contributed by atoms with Crippen LogP contribution in [0.25, 0.3) is 0 Å². The highest BCUT2D eigenvalue weighted by Crippen LogP contribution is 2.03. The molecule has 1 heterocycles. The number of H-pyrrole nitrogens is 1. The summed E-state index contributed by atoms with van der Waals surface area (Å²) in [5.41, 5.74) is 11.2. The number of carboxylic acid groups (broad SMARTS) is 1. The van der Waals surface area contributed by atoms with Crippen molar-refractivity contribution in [3.8, 4) is 0 Å². The van der Waals surface area contributed by atoms with Gasteiger partial charge in [-0.05, 0) is 20.3 Å². The Labute approximate surface area is 183 Å². The number of rotatable bonds is 13. The Morgan fingerprint density at radius 1 is 1.09 bits per heavy atom. The van der Waals surface area contributed by atoms with Gasteiger partial charge in [-0.25, -0.2) is 4.98 Å². The minimum Gasteiger partial charge on any atom is -0.480 e. The summed E-state index contributed by atoms with van der Waals surface area (Å²) in [7, 11) is 0. The van der Waals surface area contributed by atoms with E-state index in [1.54, 1.807) is 0 Å². The Morgan fingerprint density at radius 2 is 1.75 bits per heavy atom. The Kier molecular flexibility index (Phi) is 10.2. The lowest BCUT2D eigenvalue weighted by atomic mass is 10.1. The zero-order valence-electron chi connectivity index (χ0n) is 17.7. The summed E-state index contributed by atoms with van der Waals surface area (Å²) >= 11 is 0. The largest absolute Gasteiger partial charge is 0.480 e. The number of amides is 4. The molecule has 0 aliphatic carbocycles. The average Bonchev–Trinajstić information content (AvgIpc) is 3.21. The van der Waals surface area contributed by atoms with Gasteiger partial charge in [0.05, 0.1) is 18.5 Å². The van der Waals surface area contributed by atoms with Crippen LogP contribution in [0.3, 0.4) is 0 Å². The first-order chi connectivity index (χ1) is 14.9. The van der Waals surface area contributed by atoms with Crippen LogP contribution in [0.15, 0.2) is 12.5 Å². The molecule has 178 valence electrons. The molecule has 14 heteroatoms. The van der Waals surface area contributed by atoms with Crippen molar-refractivity contribution in [2.75, 3.05) is 0 Å². The Morgan fingerprint density at radius 3 is 2.25 bits per heavy atom. The first kappa shape index (κ1) is 26.5. The smallest absolute Gasteiger partial charge is 0.325 e. The number of carbonyl (C=O) groups excluding carboxylic acids is 4. The lowest BCUT2D eigenvalue weighted by molar-refractivity contribution is -0.142. The zero-order chi connectivity index (χ0) is 24.4. The zero-order valence-corrected chi connectivity index (χ0v) is 17.7. The molecule has 10 N–H and O–H groups in total. The van der Waals surface area contributed by atoms with Gasteiger partial charge >= 0.3 is 5.97 Å². The molecule has 0 fully saturated rings. The van der Waals surface area contributed by atoms with Gasteiger partial charge in [-0.3, -0.25) is 24.0 Å². The molecule has 0 spiro atoms. The van der Waals surface area contributed by atoms with E-state index < -0.39 is 59.9 Å². The molecule has 0 aromatic carbocycles. The van der Waals surface area contributed by atoms with Crippen molar-refractivity contribution in [1.82, 2.24) is 25.9 Å². The van der Waals surface area contributed by atoms with Crippen molar-refractivity contribution < 1.29 is 34.2 Å². The number of carbonyl (C=O) groups is 5. The van der Waals surface area contributed by atoms with Gasteiger partial charge in [0.25, 0.3) is 0 Å². The maximum atomic E-state index is 12.7. The molecule has 5 atom stereocenters. The van der Waals surface area contributed by atoms with E-state index in [0.29, 0.717) is 5.69 Å². The van der Waals surface area contributed by atoms with E-state index in [0.717, 1.165) is 0 Å². The summed E-state index contributed by atoms with van der Waals surface area (Å²) in [4.78, 5) is 66.0. The number of nitrogens with two attached hydrogens (primary N) is 2. The summed E-state index contributed by atoms with van der Waals surface area (Å²) in [6, 6.07) is -5.10. The molecule has 32 heavy (non-hydrogen) atoms. The highest BCUT2D eigenvalue weighted by Gasteiger charge is 2.32. The van der Waals surface area contributed by atoms with E-state index >= 15 is 0 Å². The number of aliphatic hydroxyl groups is 1. The quantitative estimate of drug-likeness (QED) is 0.147. The SMILES string of the molecule is CC(NC(=O)C(Cc1cnc[nH]1)NC(=O)C(NC(=O)C(N)CCC(N)=O)C(C)O)C(=O)O. The lowest BCUT2D eigenvalue weighted by Gasteiger charge is -2.26. The predicted octanol–water partition coefficient (Wildman–Crippen LogP) is -3.52. The Balaban J connectivity index is 2.92. The van der Waals surface area contributed by atoms with Gasteiger partial charge in [0.2, 0.25) is 23.6 Å². The number of carboxylic acids is 1. The summed E-state index contributed by atoms with van der Waals surface area (Å²) < 4.78 is 0. The van der Waals surface area contributed by atoms with E-state index in [2.05, 4.69) is 25.9 Å². The van der Waals surface area contributed by atoms with Crippen LogP contribution < -0.4 is 27.4 Å². The molecule has 0 aliphatic heterocycles. The number of hydrogen-bond donors (Lipinski definition) is 8. The number of aliphatic carboxylic acids is 1. The lowest BCUT2D eigenvalue weighted by Crippen LogP contribution is -2.60. The van der Waals surface area contributed by atoms with Gasteiger partial charge in [-0.1, -0.05) is 0 Å². The van der Waals surface area contributed by atoms with Gasteiger partial charge in [-0.2, -0.15) is 0 Å². The molecular weight excluding hydrogens is 426 g/mol. The van der Waals surface area contributed by atoms with Gasteiger partial charge in [0, 0.05) is 24.7 Å². The van der Waals surface area contributed by atoms with E-state index in [1.807, 2.05) is 0 Å². The van der Waals surface area contributed by atoms with E-state index in [1.165, 1.54) is 26.4 Å². The fourth-order valence-corrected chi connectivity index (χ4v) is 2.56. The molecule has 1 aromatic rings. The van der Waals surface area contributed by atoms with Crippen molar-refractivity contribution >= 4 is 29.6 Å². The van der Waals surface area contributed by atoms with Crippen LogP contribution in [0.1, 0.15) is 32.4 Å². The number of imidazole rings is 1. The fourth-order valence-electron chi connectivity index (χ4n) is 2.56. The van der Waals surface area contributed by atoms with Crippen molar-refractivity contribution in [3.05, 3.63) is 18.2 Å². The summed E-state index contributed by atoms with van der Waals surface area (Å²) in [6.45, 7) is 2.50.